The lowest BCUT2D eigenvalue weighted by Gasteiger charge is -2.32. The molecule has 0 unspecified atom stereocenters. The van der Waals surface area contributed by atoms with Crippen LogP contribution in [0.15, 0.2) is 29.3 Å². The van der Waals surface area contributed by atoms with Crippen molar-refractivity contribution in [2.75, 3.05) is 19.3 Å². The van der Waals surface area contributed by atoms with Crippen LogP contribution in [0.1, 0.15) is 68.8 Å². The van der Waals surface area contributed by atoms with Crippen molar-refractivity contribution in [1.82, 2.24) is 14.9 Å². The van der Waals surface area contributed by atoms with Gasteiger partial charge in [-0.25, -0.2) is 9.98 Å². The third-order valence-electron chi connectivity index (χ3n) is 6.92. The Balaban J connectivity index is 1.42. The monoisotopic (exact) mass is 478 g/mol. The summed E-state index contributed by atoms with van der Waals surface area (Å²) in [6.07, 6.45) is 4.52. The Morgan fingerprint density at radius 2 is 1.77 bits per heavy atom. The van der Waals surface area contributed by atoms with E-state index in [0.717, 1.165) is 37.0 Å². The Labute approximate surface area is 206 Å². The normalized spacial score (nSPS) is 20.9. The zero-order chi connectivity index (χ0) is 25.3. The van der Waals surface area contributed by atoms with E-state index in [1.807, 2.05) is 13.8 Å². The van der Waals surface area contributed by atoms with Crippen LogP contribution >= 0.6 is 0 Å². The molecule has 0 saturated heterocycles. The quantitative estimate of drug-likeness (QED) is 0.654. The first-order chi connectivity index (χ1) is 16.5. The highest BCUT2D eigenvalue weighted by Gasteiger charge is 2.35. The molecule has 0 atom stereocenters. The lowest BCUT2D eigenvalue weighted by Crippen LogP contribution is -2.41. The second-order valence-electron chi connectivity index (χ2n) is 10.1. The van der Waals surface area contributed by atoms with Gasteiger partial charge in [0.05, 0.1) is 12.3 Å². The Kier molecular flexibility index (Phi) is 6.78. The summed E-state index contributed by atoms with van der Waals surface area (Å²) in [4.78, 5) is 38.2. The van der Waals surface area contributed by atoms with E-state index in [9.17, 15) is 9.59 Å². The number of anilines is 1. The third kappa shape index (κ3) is 5.44. The molecule has 2 aliphatic rings. The number of aromatic nitrogens is 2. The molecule has 2 aromatic rings. The summed E-state index contributed by atoms with van der Waals surface area (Å²) in [6, 6.07) is 8.50. The first kappa shape index (κ1) is 24.6. The SMILES string of the molecule is Cc1nc(N)c2c(n1)OC(C)(C)C(c1ccc(C3CCC(CC(=O)N(C)CC(N)=O)CC3)cc1)=N2. The van der Waals surface area contributed by atoms with Crippen LogP contribution in [0.4, 0.5) is 11.5 Å². The van der Waals surface area contributed by atoms with Gasteiger partial charge in [-0.2, -0.15) is 4.98 Å². The number of nitrogen functional groups attached to an aromatic ring is 1. The number of ether oxygens (including phenoxy) is 1. The van der Waals surface area contributed by atoms with E-state index in [2.05, 4.69) is 34.2 Å². The van der Waals surface area contributed by atoms with Gasteiger partial charge < -0.3 is 21.1 Å². The van der Waals surface area contributed by atoms with Gasteiger partial charge in [-0.3, -0.25) is 9.59 Å². The summed E-state index contributed by atoms with van der Waals surface area (Å²) in [5.41, 5.74) is 14.2. The molecule has 2 heterocycles. The van der Waals surface area contributed by atoms with Gasteiger partial charge in [0.1, 0.15) is 11.4 Å². The number of rotatable bonds is 6. The molecule has 9 heteroatoms. The Morgan fingerprint density at radius 1 is 1.11 bits per heavy atom. The molecular weight excluding hydrogens is 444 g/mol. The fourth-order valence-corrected chi connectivity index (χ4v) is 5.02. The van der Waals surface area contributed by atoms with Crippen LogP contribution in [0.2, 0.25) is 0 Å². The van der Waals surface area contributed by atoms with E-state index in [0.29, 0.717) is 41.5 Å². The van der Waals surface area contributed by atoms with E-state index in [4.69, 9.17) is 21.2 Å². The molecule has 0 radical (unpaired) electrons. The van der Waals surface area contributed by atoms with Crippen molar-refractivity contribution >= 4 is 29.0 Å². The van der Waals surface area contributed by atoms with Crippen molar-refractivity contribution in [2.45, 2.75) is 64.4 Å². The van der Waals surface area contributed by atoms with Crippen LogP contribution < -0.4 is 16.2 Å². The maximum absolute atomic E-state index is 12.3. The predicted molar refractivity (Wildman–Crippen MR) is 135 cm³/mol. The minimum atomic E-state index is -0.659. The summed E-state index contributed by atoms with van der Waals surface area (Å²) in [7, 11) is 1.63. The number of likely N-dealkylation sites (N-methyl/N-ethyl adjacent to an activating group) is 1. The first-order valence-electron chi connectivity index (χ1n) is 12.1. The lowest BCUT2D eigenvalue weighted by molar-refractivity contribution is -0.134. The number of benzene rings is 1. The number of fused-ring (bicyclic) bond motifs is 1. The van der Waals surface area contributed by atoms with Crippen molar-refractivity contribution in [2.24, 2.45) is 16.6 Å². The molecule has 1 aliphatic carbocycles. The van der Waals surface area contributed by atoms with E-state index < -0.39 is 11.5 Å². The zero-order valence-electron chi connectivity index (χ0n) is 20.9. The lowest BCUT2D eigenvalue weighted by atomic mass is 9.77. The predicted octanol–water partition coefficient (Wildman–Crippen LogP) is 3.27. The zero-order valence-corrected chi connectivity index (χ0v) is 20.9. The topological polar surface area (TPSA) is 137 Å². The van der Waals surface area contributed by atoms with E-state index in [-0.39, 0.29) is 12.5 Å². The molecule has 186 valence electrons. The van der Waals surface area contributed by atoms with Crippen LogP contribution in [0, 0.1) is 12.8 Å². The molecule has 4 N–H and O–H groups in total. The molecular formula is C26H34N6O3. The minimum Gasteiger partial charge on any atom is -0.463 e. The first-order valence-corrected chi connectivity index (χ1v) is 12.1. The van der Waals surface area contributed by atoms with Crippen LogP contribution in [-0.2, 0) is 9.59 Å². The second-order valence-corrected chi connectivity index (χ2v) is 10.1. The van der Waals surface area contributed by atoms with Crippen LogP contribution in [0.5, 0.6) is 5.88 Å². The standard InChI is InChI=1S/C26H34N6O3/c1-15-29-24(28)22-25(30-15)35-26(2,3)23(31-22)19-11-9-18(10-12-19)17-7-5-16(6-8-17)13-21(34)32(4)14-20(27)33/h9-12,16-17H,5-8,13-14H2,1-4H3,(H2,27,33)(H2,28,29,30). The maximum atomic E-state index is 12.3. The third-order valence-corrected chi connectivity index (χ3v) is 6.92. The number of aliphatic imine (C=N–C) groups is 1. The van der Waals surface area contributed by atoms with Crippen molar-refractivity contribution in [3.05, 3.63) is 41.2 Å². The number of aryl methyl sites for hydroxylation is 1. The van der Waals surface area contributed by atoms with Gasteiger partial charge in [0.15, 0.2) is 11.5 Å². The molecule has 1 aliphatic heterocycles. The largest absolute Gasteiger partial charge is 0.463 e. The fraction of sp³-hybridized carbons (Fsp3) is 0.500. The number of carbonyl (C=O) groups excluding carboxylic acids is 2. The van der Waals surface area contributed by atoms with Crippen molar-refractivity contribution < 1.29 is 14.3 Å². The molecule has 2 amide bonds. The summed E-state index contributed by atoms with van der Waals surface area (Å²) in [6.45, 7) is 5.69. The van der Waals surface area contributed by atoms with Crippen molar-refractivity contribution in [1.29, 1.82) is 0 Å². The summed E-state index contributed by atoms with van der Waals surface area (Å²) >= 11 is 0. The van der Waals surface area contributed by atoms with E-state index in [1.165, 1.54) is 10.5 Å². The van der Waals surface area contributed by atoms with Gasteiger partial charge in [0.25, 0.3) is 0 Å². The molecule has 1 fully saturated rings. The highest BCUT2D eigenvalue weighted by molar-refractivity contribution is 6.09. The van der Waals surface area contributed by atoms with Crippen molar-refractivity contribution in [3.8, 4) is 5.88 Å². The van der Waals surface area contributed by atoms with Gasteiger partial charge in [-0.15, -0.1) is 0 Å². The molecule has 1 aromatic heterocycles. The van der Waals surface area contributed by atoms with Crippen LogP contribution in [0.3, 0.4) is 0 Å². The number of hydrogen-bond acceptors (Lipinski definition) is 7. The van der Waals surface area contributed by atoms with E-state index >= 15 is 0 Å². The second kappa shape index (κ2) is 9.64. The smallest absolute Gasteiger partial charge is 0.246 e. The number of carbonyl (C=O) groups is 2. The van der Waals surface area contributed by atoms with E-state index in [1.54, 1.807) is 14.0 Å². The summed E-state index contributed by atoms with van der Waals surface area (Å²) < 4.78 is 6.16. The number of nitrogens with two attached hydrogens (primary N) is 2. The maximum Gasteiger partial charge on any atom is 0.246 e. The van der Waals surface area contributed by atoms with Crippen molar-refractivity contribution in [3.63, 3.8) is 0 Å². The van der Waals surface area contributed by atoms with Gasteiger partial charge in [-0.1, -0.05) is 24.3 Å². The fourth-order valence-electron chi connectivity index (χ4n) is 5.02. The summed E-state index contributed by atoms with van der Waals surface area (Å²) in [5, 5.41) is 0. The number of nitrogens with zero attached hydrogens (tertiary/aromatic N) is 4. The van der Waals surface area contributed by atoms with Crippen LogP contribution in [-0.4, -0.2) is 51.6 Å². The number of amides is 2. The molecule has 4 rings (SSSR count). The molecule has 9 nitrogen and oxygen atoms in total. The number of primary amides is 1. The molecule has 1 aromatic carbocycles. The average Bonchev–Trinajstić information content (AvgIpc) is 2.78. The molecule has 35 heavy (non-hydrogen) atoms. The Bertz CT molecular complexity index is 1150. The molecule has 0 spiro atoms. The van der Waals surface area contributed by atoms with Crippen LogP contribution in [0.25, 0.3) is 0 Å². The minimum absolute atomic E-state index is 0.0162. The van der Waals surface area contributed by atoms with Gasteiger partial charge in [0.2, 0.25) is 17.7 Å². The summed E-state index contributed by atoms with van der Waals surface area (Å²) in [5.74, 6) is 1.58. The van der Waals surface area contributed by atoms with Gasteiger partial charge in [0, 0.05) is 19.0 Å². The highest BCUT2D eigenvalue weighted by Crippen LogP contribution is 2.40. The Hall–Kier alpha value is -3.49. The highest BCUT2D eigenvalue weighted by atomic mass is 16.5. The van der Waals surface area contributed by atoms with Gasteiger partial charge >= 0.3 is 0 Å². The molecule has 0 bridgehead atoms. The molecule has 1 saturated carbocycles. The Morgan fingerprint density at radius 3 is 2.40 bits per heavy atom. The average molecular weight is 479 g/mol. The van der Waals surface area contributed by atoms with Gasteiger partial charge in [-0.05, 0) is 63.9 Å². The number of hydrogen-bond donors (Lipinski definition) is 2.